The molecule has 1 aromatic rings. The maximum Gasteiger partial charge on any atom is 0.0534 e. The normalized spacial score (nSPS) is 10.8. The summed E-state index contributed by atoms with van der Waals surface area (Å²) < 4.78 is 1.96. The van der Waals surface area contributed by atoms with Gasteiger partial charge in [0.2, 0.25) is 0 Å². The summed E-state index contributed by atoms with van der Waals surface area (Å²) >= 11 is 0. The lowest BCUT2D eigenvalue weighted by Gasteiger charge is -2.05. The van der Waals surface area contributed by atoms with Crippen molar-refractivity contribution < 1.29 is 0 Å². The van der Waals surface area contributed by atoms with Crippen molar-refractivity contribution in [3.05, 3.63) is 30.6 Å². The summed E-state index contributed by atoms with van der Waals surface area (Å²) in [5, 5.41) is 7.62. The molecule has 0 aromatic carbocycles. The second-order valence-electron chi connectivity index (χ2n) is 3.72. The van der Waals surface area contributed by atoms with Crippen LogP contribution in [0.25, 0.3) is 0 Å². The second-order valence-corrected chi connectivity index (χ2v) is 3.72. The van der Waals surface area contributed by atoms with Crippen molar-refractivity contribution in [2.45, 2.75) is 39.4 Å². The Morgan fingerprint density at radius 1 is 1.64 bits per heavy atom. The lowest BCUT2D eigenvalue weighted by atomic mass is 10.3. The Balaban J connectivity index is 2.38. The molecule has 1 N–H and O–H groups in total. The fourth-order valence-electron chi connectivity index (χ4n) is 1.17. The van der Waals surface area contributed by atoms with Crippen LogP contribution in [-0.4, -0.2) is 15.8 Å². The number of hydrogen-bond donors (Lipinski definition) is 1. The Morgan fingerprint density at radius 2 is 2.43 bits per heavy atom. The zero-order chi connectivity index (χ0) is 10.4. The Hall–Kier alpha value is -1.09. The maximum atomic E-state index is 4.26. The van der Waals surface area contributed by atoms with Gasteiger partial charge >= 0.3 is 0 Å². The van der Waals surface area contributed by atoms with Crippen molar-refractivity contribution in [1.29, 1.82) is 0 Å². The van der Waals surface area contributed by atoms with Crippen molar-refractivity contribution in [1.82, 2.24) is 15.1 Å². The molecule has 1 heterocycles. The summed E-state index contributed by atoms with van der Waals surface area (Å²) in [7, 11) is 0. The quantitative estimate of drug-likeness (QED) is 0.700. The van der Waals surface area contributed by atoms with Gasteiger partial charge in [-0.1, -0.05) is 19.9 Å². The van der Waals surface area contributed by atoms with E-state index in [0.29, 0.717) is 6.04 Å². The monoisotopic (exact) mass is 193 g/mol. The summed E-state index contributed by atoms with van der Waals surface area (Å²) in [4.78, 5) is 0. The van der Waals surface area contributed by atoms with Gasteiger partial charge in [0.15, 0.2) is 0 Å². The van der Waals surface area contributed by atoms with Crippen LogP contribution in [0.5, 0.6) is 0 Å². The van der Waals surface area contributed by atoms with E-state index in [9.17, 15) is 0 Å². The van der Waals surface area contributed by atoms with Gasteiger partial charge in [-0.25, -0.2) is 0 Å². The van der Waals surface area contributed by atoms with Gasteiger partial charge in [0.1, 0.15) is 0 Å². The number of nitrogens with zero attached hydrogens (tertiary/aromatic N) is 2. The Bertz CT molecular complexity index is 276. The highest BCUT2D eigenvalue weighted by Crippen LogP contribution is 1.99. The number of hydrogen-bond acceptors (Lipinski definition) is 2. The van der Waals surface area contributed by atoms with E-state index in [1.165, 1.54) is 5.56 Å². The van der Waals surface area contributed by atoms with E-state index >= 15 is 0 Å². The third-order valence-electron chi connectivity index (χ3n) is 1.96. The van der Waals surface area contributed by atoms with Crippen molar-refractivity contribution in [3.8, 4) is 0 Å². The van der Waals surface area contributed by atoms with Crippen LogP contribution in [0, 0.1) is 0 Å². The first-order valence-corrected chi connectivity index (χ1v) is 5.08. The van der Waals surface area contributed by atoms with Gasteiger partial charge in [0.25, 0.3) is 0 Å². The Kier molecular flexibility index (Phi) is 4.40. The molecule has 0 aliphatic heterocycles. The smallest absolute Gasteiger partial charge is 0.0534 e. The van der Waals surface area contributed by atoms with Crippen LogP contribution in [-0.2, 0) is 13.1 Å². The van der Waals surface area contributed by atoms with Crippen LogP contribution in [0.1, 0.15) is 25.8 Å². The fraction of sp³-hybridized carbons (Fsp3) is 0.545. The Labute approximate surface area is 85.8 Å². The lowest BCUT2D eigenvalue weighted by molar-refractivity contribution is 0.586. The minimum Gasteiger partial charge on any atom is -0.310 e. The lowest BCUT2D eigenvalue weighted by Crippen LogP contribution is -2.21. The second kappa shape index (κ2) is 5.60. The summed E-state index contributed by atoms with van der Waals surface area (Å²) in [5.74, 6) is 0. The van der Waals surface area contributed by atoms with Crippen molar-refractivity contribution in [2.75, 3.05) is 0 Å². The first-order chi connectivity index (χ1) is 6.72. The van der Waals surface area contributed by atoms with Crippen molar-refractivity contribution in [2.24, 2.45) is 0 Å². The highest BCUT2D eigenvalue weighted by atomic mass is 15.3. The molecule has 0 saturated heterocycles. The molecular formula is C11H19N3. The molecule has 0 radical (unpaired) electrons. The average Bonchev–Trinajstić information content (AvgIpc) is 2.59. The van der Waals surface area contributed by atoms with Crippen LogP contribution >= 0.6 is 0 Å². The third-order valence-corrected chi connectivity index (χ3v) is 1.96. The van der Waals surface area contributed by atoms with Gasteiger partial charge in [0, 0.05) is 30.9 Å². The van der Waals surface area contributed by atoms with Crippen LogP contribution < -0.4 is 5.32 Å². The van der Waals surface area contributed by atoms with E-state index in [4.69, 9.17) is 0 Å². The zero-order valence-electron chi connectivity index (χ0n) is 9.03. The molecule has 0 bridgehead atoms. The molecule has 1 rings (SSSR count). The molecule has 0 aliphatic carbocycles. The van der Waals surface area contributed by atoms with Gasteiger partial charge < -0.3 is 5.32 Å². The average molecular weight is 193 g/mol. The van der Waals surface area contributed by atoms with Gasteiger partial charge in [-0.05, 0) is 6.42 Å². The highest BCUT2D eigenvalue weighted by molar-refractivity contribution is 5.03. The van der Waals surface area contributed by atoms with Gasteiger partial charge in [-0.3, -0.25) is 4.68 Å². The highest BCUT2D eigenvalue weighted by Gasteiger charge is 1.98. The van der Waals surface area contributed by atoms with E-state index < -0.39 is 0 Å². The van der Waals surface area contributed by atoms with Crippen LogP contribution in [0.3, 0.4) is 0 Å². The van der Waals surface area contributed by atoms with Crippen LogP contribution in [0.2, 0.25) is 0 Å². The molecule has 1 aromatic heterocycles. The van der Waals surface area contributed by atoms with Crippen LogP contribution in [0.15, 0.2) is 25.0 Å². The van der Waals surface area contributed by atoms with E-state index in [-0.39, 0.29) is 0 Å². The molecule has 0 aliphatic rings. The molecule has 14 heavy (non-hydrogen) atoms. The summed E-state index contributed by atoms with van der Waals surface area (Å²) in [6.07, 6.45) is 6.88. The molecule has 0 atom stereocenters. The van der Waals surface area contributed by atoms with E-state index in [1.807, 2.05) is 17.0 Å². The van der Waals surface area contributed by atoms with Gasteiger partial charge in [-0.15, -0.1) is 6.58 Å². The molecule has 0 unspecified atom stereocenters. The summed E-state index contributed by atoms with van der Waals surface area (Å²) in [6.45, 7) is 9.79. The first kappa shape index (κ1) is 11.0. The van der Waals surface area contributed by atoms with Crippen molar-refractivity contribution >= 4 is 0 Å². The maximum absolute atomic E-state index is 4.26. The zero-order valence-corrected chi connectivity index (χ0v) is 9.03. The number of allylic oxidation sites excluding steroid dienone is 1. The topological polar surface area (TPSA) is 29.9 Å². The molecule has 0 spiro atoms. The number of aryl methyl sites for hydroxylation is 1. The van der Waals surface area contributed by atoms with E-state index in [1.54, 1.807) is 0 Å². The standard InChI is InChI=1S/C11H19N3/c1-4-5-6-14-9-11(8-13-14)7-12-10(2)3/h4,8-10,12H,1,5-7H2,2-3H3. The number of rotatable bonds is 6. The minimum atomic E-state index is 0.520. The Morgan fingerprint density at radius 3 is 3.07 bits per heavy atom. The molecular weight excluding hydrogens is 174 g/mol. The predicted octanol–water partition coefficient (Wildman–Crippen LogP) is 1.96. The largest absolute Gasteiger partial charge is 0.310 e. The van der Waals surface area contributed by atoms with Gasteiger partial charge in [0.05, 0.1) is 6.20 Å². The third kappa shape index (κ3) is 3.75. The molecule has 78 valence electrons. The molecule has 0 amide bonds. The van der Waals surface area contributed by atoms with E-state index in [2.05, 4.69) is 37.0 Å². The predicted molar refractivity (Wildman–Crippen MR) is 59.0 cm³/mol. The van der Waals surface area contributed by atoms with Gasteiger partial charge in [-0.2, -0.15) is 5.10 Å². The van der Waals surface area contributed by atoms with Crippen LogP contribution in [0.4, 0.5) is 0 Å². The molecule has 0 saturated carbocycles. The number of nitrogens with one attached hydrogen (secondary N) is 1. The minimum absolute atomic E-state index is 0.520. The molecule has 3 nitrogen and oxygen atoms in total. The SMILES string of the molecule is C=CCCn1cc(CNC(C)C)cn1. The summed E-state index contributed by atoms with van der Waals surface area (Å²) in [5.41, 5.74) is 1.24. The fourth-order valence-corrected chi connectivity index (χ4v) is 1.17. The molecule has 3 heteroatoms. The number of aromatic nitrogens is 2. The van der Waals surface area contributed by atoms with E-state index in [0.717, 1.165) is 19.5 Å². The first-order valence-electron chi connectivity index (χ1n) is 5.08. The molecule has 0 fully saturated rings. The van der Waals surface area contributed by atoms with Crippen molar-refractivity contribution in [3.63, 3.8) is 0 Å². The summed E-state index contributed by atoms with van der Waals surface area (Å²) in [6, 6.07) is 0.520.